The van der Waals surface area contributed by atoms with Crippen molar-refractivity contribution in [3.8, 4) is 17.2 Å². The molecule has 1 fully saturated rings. The third kappa shape index (κ3) is 3.35. The van der Waals surface area contributed by atoms with E-state index in [0.29, 0.717) is 11.5 Å². The lowest BCUT2D eigenvalue weighted by atomic mass is 9.98. The zero-order chi connectivity index (χ0) is 23.0. The highest BCUT2D eigenvalue weighted by molar-refractivity contribution is 6.51. The summed E-state index contributed by atoms with van der Waals surface area (Å²) in [5.41, 5.74) is 0.141. The summed E-state index contributed by atoms with van der Waals surface area (Å²) >= 11 is 0. The molecule has 8 heteroatoms. The van der Waals surface area contributed by atoms with Crippen molar-refractivity contribution in [3.05, 3.63) is 77.3 Å². The fourth-order valence-corrected chi connectivity index (χ4v) is 3.76. The van der Waals surface area contributed by atoms with Crippen LogP contribution in [0.5, 0.6) is 17.2 Å². The molecule has 2 N–H and O–H groups in total. The molecule has 3 aromatic rings. The maximum absolute atomic E-state index is 13.1. The number of carbonyl (C=O) groups is 2. The smallest absolute Gasteiger partial charge is 0.300 e. The van der Waals surface area contributed by atoms with Crippen LogP contribution in [0.15, 0.2) is 64.6 Å². The largest absolute Gasteiger partial charge is 0.507 e. The number of anilines is 1. The minimum atomic E-state index is -1.09. The highest BCUT2D eigenvalue weighted by Crippen LogP contribution is 2.46. The van der Waals surface area contributed by atoms with E-state index in [2.05, 4.69) is 0 Å². The maximum Gasteiger partial charge on any atom is 0.300 e. The molecule has 0 aliphatic carbocycles. The molecule has 32 heavy (non-hydrogen) atoms. The first kappa shape index (κ1) is 21.0. The molecule has 4 rings (SSSR count). The Kier molecular flexibility index (Phi) is 5.36. The van der Waals surface area contributed by atoms with Crippen molar-refractivity contribution in [2.24, 2.45) is 0 Å². The molecule has 8 nitrogen and oxygen atoms in total. The van der Waals surface area contributed by atoms with Gasteiger partial charge in [0.25, 0.3) is 11.7 Å². The minimum absolute atomic E-state index is 0.120. The van der Waals surface area contributed by atoms with Crippen LogP contribution in [0.3, 0.4) is 0 Å². The fourth-order valence-electron chi connectivity index (χ4n) is 3.76. The number of ether oxygens (including phenoxy) is 2. The van der Waals surface area contributed by atoms with Crippen molar-refractivity contribution in [1.82, 2.24) is 0 Å². The quantitative estimate of drug-likeness (QED) is 0.355. The van der Waals surface area contributed by atoms with Crippen molar-refractivity contribution in [1.29, 1.82) is 0 Å². The molecule has 1 saturated heterocycles. The Morgan fingerprint density at radius 3 is 2.41 bits per heavy atom. The molecule has 1 aliphatic rings. The molecule has 2 aromatic carbocycles. The van der Waals surface area contributed by atoms with E-state index in [0.717, 1.165) is 4.90 Å². The third-order valence-corrected chi connectivity index (χ3v) is 5.28. The van der Waals surface area contributed by atoms with E-state index in [9.17, 15) is 19.8 Å². The number of Topliss-reactive ketones (excluding diaryl/α,β-unsaturated/α-hetero) is 1. The number of rotatable bonds is 5. The average Bonchev–Trinajstić information content (AvgIpc) is 3.34. The standard InChI is InChI=1S/C24H21NO7/c1-13-8-11-18(32-13)21-20(22(27)15-10-9-14(30-2)12-19(15)31-3)23(28)24(29)25(21)16-6-4-5-7-17(16)26/h4-12,21,26-27H,1-3H3/b22-20-. The summed E-state index contributed by atoms with van der Waals surface area (Å²) in [5, 5.41) is 21.6. The van der Waals surface area contributed by atoms with Crippen LogP contribution in [0.4, 0.5) is 5.69 Å². The van der Waals surface area contributed by atoms with Crippen LogP contribution >= 0.6 is 0 Å². The van der Waals surface area contributed by atoms with E-state index in [4.69, 9.17) is 13.9 Å². The minimum Gasteiger partial charge on any atom is -0.507 e. The predicted molar refractivity (Wildman–Crippen MR) is 116 cm³/mol. The molecule has 1 amide bonds. The Bertz CT molecular complexity index is 1240. The SMILES string of the molecule is COc1ccc(/C(O)=C2/C(=O)C(=O)N(c3ccccc3O)C2c2ccc(C)o2)c(OC)c1. The number of aliphatic hydroxyl groups is 1. The first-order valence-corrected chi connectivity index (χ1v) is 9.75. The Morgan fingerprint density at radius 1 is 1.03 bits per heavy atom. The predicted octanol–water partition coefficient (Wildman–Crippen LogP) is 3.94. The summed E-state index contributed by atoms with van der Waals surface area (Å²) in [4.78, 5) is 27.3. The lowest BCUT2D eigenvalue weighted by Gasteiger charge is -2.24. The van der Waals surface area contributed by atoms with Gasteiger partial charge < -0.3 is 24.1 Å². The molecule has 0 radical (unpaired) electrons. The zero-order valence-corrected chi connectivity index (χ0v) is 17.7. The molecule has 1 aliphatic heterocycles. The molecule has 2 heterocycles. The van der Waals surface area contributed by atoms with Gasteiger partial charge in [0.05, 0.1) is 31.0 Å². The molecular weight excluding hydrogens is 414 g/mol. The molecule has 0 spiro atoms. The highest BCUT2D eigenvalue weighted by atomic mass is 16.5. The van der Waals surface area contributed by atoms with Gasteiger partial charge in [-0.2, -0.15) is 0 Å². The van der Waals surface area contributed by atoms with Gasteiger partial charge in [-0.05, 0) is 43.3 Å². The monoisotopic (exact) mass is 435 g/mol. The summed E-state index contributed by atoms with van der Waals surface area (Å²) < 4.78 is 16.3. The Morgan fingerprint density at radius 2 is 1.78 bits per heavy atom. The molecule has 0 saturated carbocycles. The van der Waals surface area contributed by atoms with Crippen LogP contribution in [0.1, 0.15) is 23.1 Å². The second-order valence-corrected chi connectivity index (χ2v) is 7.17. The Labute approximate surface area is 183 Å². The van der Waals surface area contributed by atoms with Gasteiger partial charge in [0.2, 0.25) is 0 Å². The molecule has 0 bridgehead atoms. The van der Waals surface area contributed by atoms with Crippen LogP contribution in [0.25, 0.3) is 5.76 Å². The second-order valence-electron chi connectivity index (χ2n) is 7.17. The number of carbonyl (C=O) groups excluding carboxylic acids is 2. The number of aromatic hydroxyl groups is 1. The average molecular weight is 435 g/mol. The van der Waals surface area contributed by atoms with Gasteiger partial charge in [-0.3, -0.25) is 14.5 Å². The van der Waals surface area contributed by atoms with Gasteiger partial charge in [0, 0.05) is 6.07 Å². The number of benzene rings is 2. The summed E-state index contributed by atoms with van der Waals surface area (Å²) in [6.45, 7) is 1.72. The third-order valence-electron chi connectivity index (χ3n) is 5.28. The number of ketones is 1. The van der Waals surface area contributed by atoms with Crippen LogP contribution in [-0.2, 0) is 9.59 Å². The Hall–Kier alpha value is -4.20. The second kappa shape index (κ2) is 8.14. The number of amides is 1. The van der Waals surface area contributed by atoms with Crippen LogP contribution in [0, 0.1) is 6.92 Å². The van der Waals surface area contributed by atoms with E-state index >= 15 is 0 Å². The summed E-state index contributed by atoms with van der Waals surface area (Å²) in [5.74, 6) is -0.869. The number of hydrogen-bond donors (Lipinski definition) is 2. The van der Waals surface area contributed by atoms with Crippen LogP contribution < -0.4 is 14.4 Å². The topological polar surface area (TPSA) is 109 Å². The van der Waals surface area contributed by atoms with E-state index in [1.54, 1.807) is 43.3 Å². The van der Waals surface area contributed by atoms with Crippen LogP contribution in [-0.4, -0.2) is 36.1 Å². The van der Waals surface area contributed by atoms with Gasteiger partial charge in [-0.15, -0.1) is 0 Å². The molecule has 1 atom stereocenters. The number of furan rings is 1. The van der Waals surface area contributed by atoms with Crippen molar-refractivity contribution in [2.45, 2.75) is 13.0 Å². The van der Waals surface area contributed by atoms with Crippen molar-refractivity contribution in [2.75, 3.05) is 19.1 Å². The van der Waals surface area contributed by atoms with E-state index in [-0.39, 0.29) is 34.1 Å². The Balaban J connectivity index is 1.97. The number of phenols is 1. The van der Waals surface area contributed by atoms with Gasteiger partial charge in [0.15, 0.2) is 0 Å². The summed E-state index contributed by atoms with van der Waals surface area (Å²) in [6.07, 6.45) is 0. The van der Waals surface area contributed by atoms with Gasteiger partial charge in [0.1, 0.15) is 40.6 Å². The van der Waals surface area contributed by atoms with Gasteiger partial charge >= 0.3 is 0 Å². The molecular formula is C24H21NO7. The first-order chi connectivity index (χ1) is 15.4. The number of methoxy groups -OCH3 is 2. The van der Waals surface area contributed by atoms with Crippen molar-refractivity contribution in [3.63, 3.8) is 0 Å². The number of para-hydroxylation sites is 2. The molecule has 1 aromatic heterocycles. The number of nitrogens with zero attached hydrogens (tertiary/aromatic N) is 1. The first-order valence-electron chi connectivity index (χ1n) is 9.75. The van der Waals surface area contributed by atoms with E-state index < -0.39 is 23.5 Å². The summed E-state index contributed by atoms with van der Waals surface area (Å²) in [7, 11) is 2.91. The highest BCUT2D eigenvalue weighted by Gasteiger charge is 2.49. The van der Waals surface area contributed by atoms with Gasteiger partial charge in [-0.25, -0.2) is 0 Å². The number of aryl methyl sites for hydroxylation is 1. The fraction of sp³-hybridized carbons (Fsp3) is 0.167. The maximum atomic E-state index is 13.1. The molecule has 1 unspecified atom stereocenters. The van der Waals surface area contributed by atoms with Gasteiger partial charge in [-0.1, -0.05) is 12.1 Å². The summed E-state index contributed by atoms with van der Waals surface area (Å²) in [6, 6.07) is 13.1. The number of hydrogen-bond acceptors (Lipinski definition) is 7. The number of aliphatic hydroxyl groups excluding tert-OH is 1. The normalized spacial score (nSPS) is 17.6. The van der Waals surface area contributed by atoms with Crippen molar-refractivity contribution >= 4 is 23.1 Å². The lowest BCUT2D eigenvalue weighted by Crippen LogP contribution is -2.29. The van der Waals surface area contributed by atoms with Crippen LogP contribution in [0.2, 0.25) is 0 Å². The lowest BCUT2D eigenvalue weighted by molar-refractivity contribution is -0.132. The van der Waals surface area contributed by atoms with Crippen molar-refractivity contribution < 1.29 is 33.7 Å². The zero-order valence-electron chi connectivity index (χ0n) is 17.7. The number of phenolic OH excluding ortho intramolecular Hbond substituents is 1. The molecule has 164 valence electrons. The van der Waals surface area contributed by atoms with E-state index in [1.807, 2.05) is 0 Å². The van der Waals surface area contributed by atoms with E-state index in [1.165, 1.54) is 32.4 Å².